The Kier molecular flexibility index (Phi) is 5.40. The van der Waals surface area contributed by atoms with Crippen LogP contribution in [0.3, 0.4) is 0 Å². The van der Waals surface area contributed by atoms with Crippen LogP contribution in [0.15, 0.2) is 17.5 Å². The van der Waals surface area contributed by atoms with E-state index in [0.29, 0.717) is 12.5 Å². The molecule has 0 saturated heterocycles. The van der Waals surface area contributed by atoms with E-state index in [0.717, 1.165) is 5.92 Å². The maximum absolute atomic E-state index is 11.5. The molecular weight excluding hydrogens is 258 g/mol. The first-order valence-corrected chi connectivity index (χ1v) is 7.93. The number of carbonyl (C=O) groups is 1. The van der Waals surface area contributed by atoms with Crippen LogP contribution in [0.1, 0.15) is 49.9 Å². The van der Waals surface area contributed by atoms with Crippen LogP contribution in [0.4, 0.5) is 0 Å². The highest BCUT2D eigenvalue weighted by Gasteiger charge is 2.23. The highest BCUT2D eigenvalue weighted by Crippen LogP contribution is 2.31. The first kappa shape index (κ1) is 14.5. The van der Waals surface area contributed by atoms with Gasteiger partial charge in [-0.1, -0.05) is 25.3 Å². The molecule has 1 saturated carbocycles. The van der Waals surface area contributed by atoms with Crippen molar-refractivity contribution in [2.75, 3.05) is 7.11 Å². The monoisotopic (exact) mass is 281 g/mol. The number of ether oxygens (including phenoxy) is 1. The van der Waals surface area contributed by atoms with Crippen molar-refractivity contribution >= 4 is 17.3 Å². The maximum Gasteiger partial charge on any atom is 0.307 e. The Labute approximate surface area is 119 Å². The van der Waals surface area contributed by atoms with E-state index in [-0.39, 0.29) is 12.0 Å². The third kappa shape index (κ3) is 4.32. The summed E-state index contributed by atoms with van der Waals surface area (Å²) in [5.74, 6) is 0.728. The summed E-state index contributed by atoms with van der Waals surface area (Å²) in [6.07, 6.45) is 5.74. The van der Waals surface area contributed by atoms with E-state index < -0.39 is 0 Å². The zero-order valence-electron chi connectivity index (χ0n) is 11.7. The Hall–Kier alpha value is -0.870. The topological polar surface area (TPSA) is 38.3 Å². The minimum absolute atomic E-state index is 0.0857. The summed E-state index contributed by atoms with van der Waals surface area (Å²) < 4.78 is 4.80. The van der Waals surface area contributed by atoms with Gasteiger partial charge in [-0.3, -0.25) is 4.79 Å². The number of rotatable bonds is 7. The van der Waals surface area contributed by atoms with Gasteiger partial charge in [0, 0.05) is 10.9 Å². The summed E-state index contributed by atoms with van der Waals surface area (Å²) in [6, 6.07) is 4.65. The van der Waals surface area contributed by atoms with Gasteiger partial charge in [0.25, 0.3) is 0 Å². The molecule has 0 spiro atoms. The van der Waals surface area contributed by atoms with E-state index in [2.05, 4.69) is 23.7 Å². The summed E-state index contributed by atoms with van der Waals surface area (Å²) in [5.41, 5.74) is 0. The lowest BCUT2D eigenvalue weighted by molar-refractivity contribution is -0.141. The Morgan fingerprint density at radius 1 is 1.58 bits per heavy atom. The van der Waals surface area contributed by atoms with Gasteiger partial charge in [0.15, 0.2) is 0 Å². The maximum atomic E-state index is 11.5. The lowest BCUT2D eigenvalue weighted by atomic mass is 9.81. The number of hydrogen-bond acceptors (Lipinski definition) is 4. The summed E-state index contributed by atoms with van der Waals surface area (Å²) in [6.45, 7) is 2.22. The minimum Gasteiger partial charge on any atom is -0.469 e. The molecule has 1 heterocycles. The summed E-state index contributed by atoms with van der Waals surface area (Å²) in [5, 5.41) is 5.65. The van der Waals surface area contributed by atoms with E-state index >= 15 is 0 Å². The van der Waals surface area contributed by atoms with Gasteiger partial charge in [0.1, 0.15) is 0 Å². The zero-order chi connectivity index (χ0) is 13.7. The van der Waals surface area contributed by atoms with Gasteiger partial charge in [-0.05, 0) is 30.7 Å². The Bertz CT molecular complexity index is 387. The smallest absolute Gasteiger partial charge is 0.307 e. The normalized spacial score (nSPS) is 18.6. The van der Waals surface area contributed by atoms with Gasteiger partial charge >= 0.3 is 5.97 Å². The molecule has 0 amide bonds. The molecule has 4 heteroatoms. The van der Waals surface area contributed by atoms with Crippen LogP contribution < -0.4 is 5.32 Å². The predicted molar refractivity (Wildman–Crippen MR) is 78.2 cm³/mol. The molecule has 0 bridgehead atoms. The fourth-order valence-electron chi connectivity index (χ4n) is 2.62. The molecule has 1 N–H and O–H groups in total. The van der Waals surface area contributed by atoms with E-state index in [1.165, 1.54) is 37.7 Å². The quantitative estimate of drug-likeness (QED) is 0.777. The second-order valence-corrected chi connectivity index (χ2v) is 6.43. The molecule has 1 aliphatic carbocycles. The van der Waals surface area contributed by atoms with E-state index in [4.69, 9.17) is 4.74 Å². The molecule has 2 rings (SSSR count). The minimum atomic E-state index is -0.151. The van der Waals surface area contributed by atoms with Crippen LogP contribution in [0.25, 0.3) is 0 Å². The molecule has 0 aromatic carbocycles. The molecule has 2 atom stereocenters. The fraction of sp³-hybridized carbons (Fsp3) is 0.667. The van der Waals surface area contributed by atoms with Crippen LogP contribution in [-0.4, -0.2) is 19.1 Å². The molecule has 19 heavy (non-hydrogen) atoms. The largest absolute Gasteiger partial charge is 0.469 e. The number of methoxy groups -OCH3 is 1. The van der Waals surface area contributed by atoms with Crippen molar-refractivity contribution in [2.45, 2.75) is 51.1 Å². The van der Waals surface area contributed by atoms with Crippen molar-refractivity contribution in [1.82, 2.24) is 5.32 Å². The summed E-state index contributed by atoms with van der Waals surface area (Å²) in [7, 11) is 1.45. The van der Waals surface area contributed by atoms with Crippen molar-refractivity contribution in [2.24, 2.45) is 5.92 Å². The SMILES string of the molecule is COC(=O)CC(NC(C)CC1CCC1)c1cccs1. The Balaban J connectivity index is 1.90. The lowest BCUT2D eigenvalue weighted by Crippen LogP contribution is -2.34. The highest BCUT2D eigenvalue weighted by atomic mass is 32.1. The average molecular weight is 281 g/mol. The highest BCUT2D eigenvalue weighted by molar-refractivity contribution is 7.10. The molecule has 1 fully saturated rings. The number of nitrogens with one attached hydrogen (secondary N) is 1. The summed E-state index contributed by atoms with van der Waals surface area (Å²) in [4.78, 5) is 12.7. The Morgan fingerprint density at radius 2 is 2.37 bits per heavy atom. The third-order valence-corrected chi connectivity index (χ3v) is 4.87. The van der Waals surface area contributed by atoms with E-state index in [1.54, 1.807) is 11.3 Å². The summed E-state index contributed by atoms with van der Waals surface area (Å²) >= 11 is 1.69. The van der Waals surface area contributed by atoms with Gasteiger partial charge in [0.2, 0.25) is 0 Å². The lowest BCUT2D eigenvalue weighted by Gasteiger charge is -2.30. The van der Waals surface area contributed by atoms with Crippen LogP contribution >= 0.6 is 11.3 Å². The molecule has 106 valence electrons. The second-order valence-electron chi connectivity index (χ2n) is 5.45. The fourth-order valence-corrected chi connectivity index (χ4v) is 3.41. The molecule has 1 aliphatic rings. The van der Waals surface area contributed by atoms with Gasteiger partial charge in [0.05, 0.1) is 19.6 Å². The predicted octanol–water partition coefficient (Wildman–Crippen LogP) is 3.52. The van der Waals surface area contributed by atoms with Gasteiger partial charge in [-0.2, -0.15) is 0 Å². The first-order valence-electron chi connectivity index (χ1n) is 7.05. The van der Waals surface area contributed by atoms with Gasteiger partial charge in [-0.25, -0.2) is 0 Å². The van der Waals surface area contributed by atoms with Gasteiger partial charge < -0.3 is 10.1 Å². The Morgan fingerprint density at radius 3 is 2.89 bits per heavy atom. The molecule has 3 nitrogen and oxygen atoms in total. The number of thiophene rings is 1. The average Bonchev–Trinajstić information content (AvgIpc) is 2.86. The van der Waals surface area contributed by atoms with E-state index in [9.17, 15) is 4.79 Å². The van der Waals surface area contributed by atoms with Crippen molar-refractivity contribution in [1.29, 1.82) is 0 Å². The van der Waals surface area contributed by atoms with Crippen LogP contribution in [0.2, 0.25) is 0 Å². The van der Waals surface area contributed by atoms with Crippen molar-refractivity contribution in [3.63, 3.8) is 0 Å². The van der Waals surface area contributed by atoms with Crippen LogP contribution in [-0.2, 0) is 9.53 Å². The van der Waals surface area contributed by atoms with Crippen molar-refractivity contribution < 1.29 is 9.53 Å². The zero-order valence-corrected chi connectivity index (χ0v) is 12.5. The molecule has 0 radical (unpaired) electrons. The molecule has 2 unspecified atom stereocenters. The van der Waals surface area contributed by atoms with E-state index in [1.807, 2.05) is 6.07 Å². The van der Waals surface area contributed by atoms with Crippen molar-refractivity contribution in [3.05, 3.63) is 22.4 Å². The molecule has 1 aromatic rings. The standard InChI is InChI=1S/C15H23NO2S/c1-11(9-12-5-3-6-12)16-13(10-15(17)18-2)14-7-4-8-19-14/h4,7-8,11-13,16H,3,5-6,9-10H2,1-2H3. The van der Waals surface area contributed by atoms with Crippen LogP contribution in [0, 0.1) is 5.92 Å². The number of carbonyl (C=O) groups excluding carboxylic acids is 1. The van der Waals surface area contributed by atoms with Gasteiger partial charge in [-0.15, -0.1) is 11.3 Å². The van der Waals surface area contributed by atoms with Crippen molar-refractivity contribution in [3.8, 4) is 0 Å². The second kappa shape index (κ2) is 7.06. The number of hydrogen-bond donors (Lipinski definition) is 1. The molecule has 1 aromatic heterocycles. The third-order valence-electron chi connectivity index (χ3n) is 3.88. The molecule has 0 aliphatic heterocycles. The van der Waals surface area contributed by atoms with Crippen LogP contribution in [0.5, 0.6) is 0 Å². The molecular formula is C15H23NO2S. The first-order chi connectivity index (χ1) is 9.19. The number of esters is 1.